The lowest BCUT2D eigenvalue weighted by molar-refractivity contribution is 0.162. The maximum atomic E-state index is 13.6. The molecule has 1 aliphatic carbocycles. The third-order valence-corrected chi connectivity index (χ3v) is 4.31. The number of rotatable bonds is 4. The molecule has 4 heteroatoms. The fourth-order valence-electron chi connectivity index (χ4n) is 2.42. The highest BCUT2D eigenvalue weighted by molar-refractivity contribution is 9.10. The molecule has 17 heavy (non-hydrogen) atoms. The van der Waals surface area contributed by atoms with Crippen LogP contribution in [0.1, 0.15) is 31.2 Å². The summed E-state index contributed by atoms with van der Waals surface area (Å²) >= 11 is 3.35. The van der Waals surface area contributed by atoms with E-state index >= 15 is 0 Å². The Labute approximate surface area is 109 Å². The number of aliphatic hydroxyl groups is 1. The van der Waals surface area contributed by atoms with E-state index in [0.29, 0.717) is 12.1 Å². The van der Waals surface area contributed by atoms with E-state index in [9.17, 15) is 9.50 Å². The number of hydrogen-bond donors (Lipinski definition) is 2. The Morgan fingerprint density at radius 1 is 1.35 bits per heavy atom. The number of halogens is 2. The zero-order chi connectivity index (χ0) is 12.3. The molecule has 0 aromatic heterocycles. The molecular weight excluding hydrogens is 285 g/mol. The van der Waals surface area contributed by atoms with Crippen molar-refractivity contribution in [2.24, 2.45) is 0 Å². The Morgan fingerprint density at radius 3 is 2.65 bits per heavy atom. The van der Waals surface area contributed by atoms with Gasteiger partial charge in [-0.15, -0.1) is 0 Å². The normalized spacial score (nSPS) is 18.5. The van der Waals surface area contributed by atoms with E-state index in [1.165, 1.54) is 6.07 Å². The van der Waals surface area contributed by atoms with Crippen molar-refractivity contribution >= 4 is 15.9 Å². The van der Waals surface area contributed by atoms with Gasteiger partial charge in [0, 0.05) is 22.1 Å². The van der Waals surface area contributed by atoms with E-state index in [1.807, 2.05) is 6.07 Å². The van der Waals surface area contributed by atoms with Gasteiger partial charge in [0.25, 0.3) is 0 Å². The zero-order valence-corrected chi connectivity index (χ0v) is 11.3. The summed E-state index contributed by atoms with van der Waals surface area (Å²) in [6.07, 6.45) is 4.20. The standard InChI is InChI=1S/C13H17BrFNO/c14-11-4-3-5-12(15)10(11)8-16-13(9-17)6-1-2-7-13/h3-5,16-17H,1-2,6-9H2. The summed E-state index contributed by atoms with van der Waals surface area (Å²) in [7, 11) is 0. The van der Waals surface area contributed by atoms with E-state index in [-0.39, 0.29) is 18.0 Å². The van der Waals surface area contributed by atoms with Gasteiger partial charge in [0.2, 0.25) is 0 Å². The summed E-state index contributed by atoms with van der Waals surface area (Å²) < 4.78 is 14.4. The molecule has 0 amide bonds. The summed E-state index contributed by atoms with van der Waals surface area (Å²) in [4.78, 5) is 0. The number of aliphatic hydroxyl groups excluding tert-OH is 1. The van der Waals surface area contributed by atoms with E-state index in [2.05, 4.69) is 21.2 Å². The van der Waals surface area contributed by atoms with Gasteiger partial charge >= 0.3 is 0 Å². The quantitative estimate of drug-likeness (QED) is 0.896. The van der Waals surface area contributed by atoms with Crippen molar-refractivity contribution in [2.45, 2.75) is 37.8 Å². The van der Waals surface area contributed by atoms with Gasteiger partial charge in [0.1, 0.15) is 5.82 Å². The van der Waals surface area contributed by atoms with E-state index in [1.54, 1.807) is 6.07 Å². The van der Waals surface area contributed by atoms with E-state index in [4.69, 9.17) is 0 Å². The van der Waals surface area contributed by atoms with Crippen molar-refractivity contribution in [2.75, 3.05) is 6.61 Å². The first-order valence-corrected chi connectivity index (χ1v) is 6.75. The van der Waals surface area contributed by atoms with Crippen LogP contribution in [0.5, 0.6) is 0 Å². The summed E-state index contributed by atoms with van der Waals surface area (Å²) in [6, 6.07) is 4.97. The number of benzene rings is 1. The van der Waals surface area contributed by atoms with Gasteiger partial charge in [0.15, 0.2) is 0 Å². The van der Waals surface area contributed by atoms with Crippen molar-refractivity contribution < 1.29 is 9.50 Å². The summed E-state index contributed by atoms with van der Waals surface area (Å²) in [5, 5.41) is 12.8. The second-order valence-electron chi connectivity index (χ2n) is 4.70. The average Bonchev–Trinajstić information content (AvgIpc) is 2.78. The van der Waals surface area contributed by atoms with Crippen LogP contribution < -0.4 is 5.32 Å². The Balaban J connectivity index is 2.06. The molecule has 1 aliphatic rings. The molecule has 0 saturated heterocycles. The number of hydrogen-bond acceptors (Lipinski definition) is 2. The minimum Gasteiger partial charge on any atom is -0.394 e. The second kappa shape index (κ2) is 5.46. The Bertz CT molecular complexity index is 371. The molecule has 2 nitrogen and oxygen atoms in total. The summed E-state index contributed by atoms with van der Waals surface area (Å²) in [5.74, 6) is -0.210. The molecule has 94 valence electrons. The van der Waals surface area contributed by atoms with Crippen LogP contribution in [-0.4, -0.2) is 17.3 Å². The van der Waals surface area contributed by atoms with Crippen LogP contribution >= 0.6 is 15.9 Å². The monoisotopic (exact) mass is 301 g/mol. The van der Waals surface area contributed by atoms with Gasteiger partial charge in [-0.25, -0.2) is 4.39 Å². The zero-order valence-electron chi connectivity index (χ0n) is 9.68. The van der Waals surface area contributed by atoms with E-state index in [0.717, 1.165) is 30.2 Å². The highest BCUT2D eigenvalue weighted by atomic mass is 79.9. The molecule has 0 bridgehead atoms. The van der Waals surface area contributed by atoms with Gasteiger partial charge in [-0.3, -0.25) is 0 Å². The first-order valence-electron chi connectivity index (χ1n) is 5.96. The molecule has 0 radical (unpaired) electrons. The van der Waals surface area contributed by atoms with Crippen molar-refractivity contribution in [3.05, 3.63) is 34.1 Å². The lowest BCUT2D eigenvalue weighted by Gasteiger charge is -2.28. The minimum absolute atomic E-state index is 0.124. The maximum Gasteiger partial charge on any atom is 0.128 e. The molecule has 0 unspecified atom stereocenters. The molecule has 0 aliphatic heterocycles. The van der Waals surface area contributed by atoms with Crippen molar-refractivity contribution in [3.8, 4) is 0 Å². The molecule has 0 heterocycles. The highest BCUT2D eigenvalue weighted by Gasteiger charge is 2.32. The third kappa shape index (κ3) is 2.87. The minimum atomic E-state index is -0.210. The smallest absolute Gasteiger partial charge is 0.128 e. The fourth-order valence-corrected chi connectivity index (χ4v) is 2.90. The van der Waals surface area contributed by atoms with Crippen molar-refractivity contribution in [3.63, 3.8) is 0 Å². The van der Waals surface area contributed by atoms with Gasteiger partial charge in [-0.1, -0.05) is 34.8 Å². The molecule has 0 spiro atoms. The highest BCUT2D eigenvalue weighted by Crippen LogP contribution is 2.30. The molecular formula is C13H17BrFNO. The van der Waals surface area contributed by atoms with Crippen LogP contribution in [0.25, 0.3) is 0 Å². The predicted molar refractivity (Wildman–Crippen MR) is 69.2 cm³/mol. The topological polar surface area (TPSA) is 32.3 Å². The molecule has 1 fully saturated rings. The molecule has 2 N–H and O–H groups in total. The number of nitrogens with one attached hydrogen (secondary N) is 1. The van der Waals surface area contributed by atoms with E-state index < -0.39 is 0 Å². The SMILES string of the molecule is OCC1(NCc2c(F)cccc2Br)CCCC1. The Morgan fingerprint density at radius 2 is 2.06 bits per heavy atom. The lowest BCUT2D eigenvalue weighted by Crippen LogP contribution is -2.45. The van der Waals surface area contributed by atoms with Crippen LogP contribution in [-0.2, 0) is 6.54 Å². The van der Waals surface area contributed by atoms with Gasteiger partial charge in [-0.2, -0.15) is 0 Å². The van der Waals surface area contributed by atoms with Crippen LogP contribution in [0.4, 0.5) is 4.39 Å². The second-order valence-corrected chi connectivity index (χ2v) is 5.55. The van der Waals surface area contributed by atoms with Gasteiger partial charge < -0.3 is 10.4 Å². The first kappa shape index (κ1) is 13.0. The average molecular weight is 302 g/mol. The lowest BCUT2D eigenvalue weighted by atomic mass is 9.98. The van der Waals surface area contributed by atoms with Crippen LogP contribution in [0.2, 0.25) is 0 Å². The van der Waals surface area contributed by atoms with Crippen LogP contribution in [0.15, 0.2) is 22.7 Å². The largest absolute Gasteiger partial charge is 0.394 e. The molecule has 1 saturated carbocycles. The van der Waals surface area contributed by atoms with Crippen molar-refractivity contribution in [1.82, 2.24) is 5.32 Å². The maximum absolute atomic E-state index is 13.6. The Kier molecular flexibility index (Phi) is 4.17. The van der Waals surface area contributed by atoms with Gasteiger partial charge in [-0.05, 0) is 25.0 Å². The first-order chi connectivity index (χ1) is 8.17. The van der Waals surface area contributed by atoms with Gasteiger partial charge in [0.05, 0.1) is 6.61 Å². The van der Waals surface area contributed by atoms with Crippen LogP contribution in [0.3, 0.4) is 0 Å². The fraction of sp³-hybridized carbons (Fsp3) is 0.538. The van der Waals surface area contributed by atoms with Crippen molar-refractivity contribution in [1.29, 1.82) is 0 Å². The summed E-state index contributed by atoms with van der Waals surface area (Å²) in [5.41, 5.74) is 0.425. The molecule has 1 aromatic rings. The predicted octanol–water partition coefficient (Wildman–Crippen LogP) is 2.98. The third-order valence-electron chi connectivity index (χ3n) is 3.57. The Hall–Kier alpha value is -0.450. The summed E-state index contributed by atoms with van der Waals surface area (Å²) in [6.45, 7) is 0.576. The molecule has 2 rings (SSSR count). The molecule has 0 atom stereocenters. The molecule has 1 aromatic carbocycles. The van der Waals surface area contributed by atoms with Crippen LogP contribution in [0, 0.1) is 5.82 Å².